The molecule has 1 aromatic rings. The Morgan fingerprint density at radius 1 is 1.50 bits per heavy atom. The lowest BCUT2D eigenvalue weighted by molar-refractivity contribution is -0.144. The van der Waals surface area contributed by atoms with Gasteiger partial charge in [-0.25, -0.2) is 14.7 Å². The van der Waals surface area contributed by atoms with E-state index in [-0.39, 0.29) is 5.82 Å². The smallest absolute Gasteiger partial charge is 0.342 e. The Morgan fingerprint density at radius 3 is 2.83 bits per heavy atom. The van der Waals surface area contributed by atoms with Crippen molar-refractivity contribution in [3.05, 3.63) is 20.8 Å². The molecule has 100 valence electrons. The highest BCUT2D eigenvalue weighted by atomic mass is 16.5. The normalized spacial score (nSPS) is 11.9. The summed E-state index contributed by atoms with van der Waals surface area (Å²) in [6.07, 6.45) is 1.71. The third-order valence-corrected chi connectivity index (χ3v) is 2.16. The van der Waals surface area contributed by atoms with Gasteiger partial charge in [0.2, 0.25) is 5.82 Å². The van der Waals surface area contributed by atoms with Crippen LogP contribution in [-0.2, 0) is 9.53 Å². The van der Waals surface area contributed by atoms with E-state index < -0.39 is 23.3 Å². The molecule has 1 heterocycles. The highest BCUT2D eigenvalue weighted by molar-refractivity contribution is 5.78. The topological polar surface area (TPSA) is 117 Å². The zero-order valence-corrected chi connectivity index (χ0v) is 10.3. The fourth-order valence-corrected chi connectivity index (χ4v) is 1.15. The minimum absolute atomic E-state index is 0.130. The Kier molecular flexibility index (Phi) is 5.09. The number of anilines is 1. The third-order valence-electron chi connectivity index (χ3n) is 2.16. The van der Waals surface area contributed by atoms with Gasteiger partial charge in [-0.2, -0.15) is 0 Å². The zero-order chi connectivity index (χ0) is 13.5. The van der Waals surface area contributed by atoms with Crippen molar-refractivity contribution in [1.29, 1.82) is 0 Å². The maximum absolute atomic E-state index is 11.5. The summed E-state index contributed by atoms with van der Waals surface area (Å²) in [4.78, 5) is 35.5. The third kappa shape index (κ3) is 4.04. The van der Waals surface area contributed by atoms with Gasteiger partial charge in [0.05, 0.1) is 6.61 Å². The number of nitrogens with zero attached hydrogens (tertiary/aromatic N) is 1. The fourth-order valence-electron chi connectivity index (χ4n) is 1.15. The Balaban J connectivity index is 2.58. The number of hydrogen-bond donors (Lipinski definition) is 3. The van der Waals surface area contributed by atoms with E-state index in [9.17, 15) is 14.4 Å². The Morgan fingerprint density at radius 2 is 2.22 bits per heavy atom. The molecule has 0 radical (unpaired) electrons. The molecule has 1 rings (SSSR count). The second-order valence-corrected chi connectivity index (χ2v) is 3.74. The molecule has 0 aliphatic rings. The SMILES string of the molecule is CCCCOC(=O)[C@H](C)Nc1n[nH]c(=O)[nH]c1=O. The number of esters is 1. The minimum Gasteiger partial charge on any atom is -0.464 e. The predicted octanol–water partition coefficient (Wildman–Crippen LogP) is -0.398. The van der Waals surface area contributed by atoms with Gasteiger partial charge < -0.3 is 10.1 Å². The number of aromatic amines is 2. The van der Waals surface area contributed by atoms with Crippen LogP contribution in [0.2, 0.25) is 0 Å². The highest BCUT2D eigenvalue weighted by Gasteiger charge is 2.16. The molecule has 1 aromatic heterocycles. The summed E-state index contributed by atoms with van der Waals surface area (Å²) in [5.41, 5.74) is -1.39. The zero-order valence-electron chi connectivity index (χ0n) is 10.3. The molecule has 0 aromatic carbocycles. The molecule has 0 amide bonds. The molecular weight excluding hydrogens is 240 g/mol. The van der Waals surface area contributed by atoms with E-state index >= 15 is 0 Å². The van der Waals surface area contributed by atoms with Crippen molar-refractivity contribution in [3.63, 3.8) is 0 Å². The minimum atomic E-state index is -0.721. The van der Waals surface area contributed by atoms with Crippen LogP contribution in [0.1, 0.15) is 26.7 Å². The van der Waals surface area contributed by atoms with E-state index in [1.54, 1.807) is 6.92 Å². The summed E-state index contributed by atoms with van der Waals surface area (Å²) in [6.45, 7) is 3.87. The first-order chi connectivity index (χ1) is 8.54. The Bertz CT molecular complexity index is 507. The van der Waals surface area contributed by atoms with E-state index in [0.29, 0.717) is 6.61 Å². The molecule has 0 unspecified atom stereocenters. The average Bonchev–Trinajstić information content (AvgIpc) is 2.32. The van der Waals surface area contributed by atoms with Crippen LogP contribution >= 0.6 is 0 Å². The van der Waals surface area contributed by atoms with Crippen LogP contribution in [0.3, 0.4) is 0 Å². The van der Waals surface area contributed by atoms with Crippen LogP contribution in [0.5, 0.6) is 0 Å². The summed E-state index contributed by atoms with van der Waals surface area (Å²) in [5, 5.41) is 8.12. The van der Waals surface area contributed by atoms with Gasteiger partial charge in [-0.05, 0) is 13.3 Å². The number of nitrogens with one attached hydrogen (secondary N) is 3. The molecule has 3 N–H and O–H groups in total. The lowest BCUT2D eigenvalue weighted by atomic mass is 10.3. The van der Waals surface area contributed by atoms with Gasteiger partial charge in [0.15, 0.2) is 0 Å². The van der Waals surface area contributed by atoms with E-state index in [4.69, 9.17) is 4.74 Å². The molecular formula is C10H16N4O4. The summed E-state index contributed by atoms with van der Waals surface area (Å²) < 4.78 is 4.97. The molecule has 1 atom stereocenters. The molecule has 0 saturated carbocycles. The van der Waals surface area contributed by atoms with Crippen molar-refractivity contribution in [3.8, 4) is 0 Å². The van der Waals surface area contributed by atoms with Crippen molar-refractivity contribution in [2.45, 2.75) is 32.7 Å². The first-order valence-corrected chi connectivity index (χ1v) is 5.66. The van der Waals surface area contributed by atoms with Crippen molar-refractivity contribution in [2.75, 3.05) is 11.9 Å². The van der Waals surface area contributed by atoms with Crippen LogP contribution in [0.15, 0.2) is 9.59 Å². The number of ether oxygens (including phenoxy) is 1. The monoisotopic (exact) mass is 256 g/mol. The van der Waals surface area contributed by atoms with Gasteiger partial charge in [0.1, 0.15) is 6.04 Å². The quantitative estimate of drug-likeness (QED) is 0.471. The second kappa shape index (κ2) is 6.58. The lowest BCUT2D eigenvalue weighted by Crippen LogP contribution is -2.34. The van der Waals surface area contributed by atoms with Crippen LogP contribution in [0, 0.1) is 0 Å². The number of unbranched alkanes of at least 4 members (excludes halogenated alkanes) is 1. The maximum atomic E-state index is 11.5. The molecule has 18 heavy (non-hydrogen) atoms. The van der Waals surface area contributed by atoms with Crippen molar-refractivity contribution < 1.29 is 9.53 Å². The molecule has 0 bridgehead atoms. The van der Waals surface area contributed by atoms with Crippen LogP contribution in [-0.4, -0.2) is 33.8 Å². The number of rotatable bonds is 6. The second-order valence-electron chi connectivity index (χ2n) is 3.74. The summed E-state index contributed by atoms with van der Waals surface area (Å²) >= 11 is 0. The number of H-pyrrole nitrogens is 2. The van der Waals surface area contributed by atoms with Crippen LogP contribution < -0.4 is 16.6 Å². The number of aromatic nitrogens is 3. The van der Waals surface area contributed by atoms with Gasteiger partial charge in [0.25, 0.3) is 5.56 Å². The standard InChI is InChI=1S/C10H16N4O4/c1-3-4-5-18-9(16)6(2)11-7-8(15)12-10(17)14-13-7/h6H,3-5H2,1-2H3,(H,11,13)(H2,12,14,15,17)/t6-/m0/s1. The van der Waals surface area contributed by atoms with Gasteiger partial charge >= 0.3 is 11.7 Å². The fraction of sp³-hybridized carbons (Fsp3) is 0.600. The Labute approximate surface area is 103 Å². The molecule has 0 aliphatic carbocycles. The van der Waals surface area contributed by atoms with Gasteiger partial charge in [-0.3, -0.25) is 9.78 Å². The van der Waals surface area contributed by atoms with E-state index in [0.717, 1.165) is 12.8 Å². The number of carbonyl (C=O) groups excluding carboxylic acids is 1. The molecule has 0 saturated heterocycles. The first-order valence-electron chi connectivity index (χ1n) is 5.66. The summed E-state index contributed by atoms with van der Waals surface area (Å²) in [7, 11) is 0. The van der Waals surface area contributed by atoms with E-state index in [2.05, 4.69) is 15.5 Å². The van der Waals surface area contributed by atoms with Crippen molar-refractivity contribution >= 4 is 11.8 Å². The van der Waals surface area contributed by atoms with E-state index in [1.165, 1.54) is 0 Å². The maximum Gasteiger partial charge on any atom is 0.342 e. The number of carbonyl (C=O) groups is 1. The number of hydrogen-bond acceptors (Lipinski definition) is 6. The largest absolute Gasteiger partial charge is 0.464 e. The van der Waals surface area contributed by atoms with Crippen LogP contribution in [0.4, 0.5) is 5.82 Å². The molecule has 0 spiro atoms. The lowest BCUT2D eigenvalue weighted by Gasteiger charge is -2.12. The van der Waals surface area contributed by atoms with Crippen molar-refractivity contribution in [1.82, 2.24) is 15.2 Å². The van der Waals surface area contributed by atoms with Crippen molar-refractivity contribution in [2.24, 2.45) is 0 Å². The Hall–Kier alpha value is -2.12. The van der Waals surface area contributed by atoms with Gasteiger partial charge in [0, 0.05) is 0 Å². The molecule has 8 heteroatoms. The molecule has 0 fully saturated rings. The highest BCUT2D eigenvalue weighted by Crippen LogP contribution is 1.98. The van der Waals surface area contributed by atoms with E-state index in [1.807, 2.05) is 11.9 Å². The van der Waals surface area contributed by atoms with Gasteiger partial charge in [-0.15, -0.1) is 5.10 Å². The predicted molar refractivity (Wildman–Crippen MR) is 64.4 cm³/mol. The first kappa shape index (κ1) is 13.9. The molecule has 8 nitrogen and oxygen atoms in total. The summed E-state index contributed by atoms with van der Waals surface area (Å²) in [5.74, 6) is -0.606. The van der Waals surface area contributed by atoms with Gasteiger partial charge in [-0.1, -0.05) is 13.3 Å². The molecule has 0 aliphatic heterocycles. The van der Waals surface area contributed by atoms with Crippen LogP contribution in [0.25, 0.3) is 0 Å². The average molecular weight is 256 g/mol. The summed E-state index contributed by atoms with van der Waals surface area (Å²) in [6, 6.07) is -0.721.